The average Bonchev–Trinajstić information content (AvgIpc) is 2.82. The molecule has 1 aliphatic heterocycles. The Hall–Kier alpha value is -2.04. The molecule has 0 aromatic heterocycles. The number of carbonyl (C=O) groups is 2. The van der Waals surface area contributed by atoms with E-state index in [0.717, 1.165) is 11.3 Å². The van der Waals surface area contributed by atoms with Gasteiger partial charge in [-0.2, -0.15) is 0 Å². The maximum atomic E-state index is 12.1. The topological polar surface area (TPSA) is 75.6 Å². The lowest BCUT2D eigenvalue weighted by atomic mass is 10.00. The lowest BCUT2D eigenvalue weighted by molar-refractivity contribution is -0.141. The molecule has 2 rings (SSSR count). The van der Waals surface area contributed by atoms with Crippen molar-refractivity contribution in [1.29, 1.82) is 0 Å². The van der Waals surface area contributed by atoms with Crippen LogP contribution >= 0.6 is 0 Å². The third-order valence-electron chi connectivity index (χ3n) is 3.38. The number of fused-ring (bicyclic) bond motifs is 1. The highest BCUT2D eigenvalue weighted by molar-refractivity contribution is 5.85. The van der Waals surface area contributed by atoms with E-state index in [-0.39, 0.29) is 18.4 Å². The number of amides is 1. The van der Waals surface area contributed by atoms with Gasteiger partial charge < -0.3 is 15.2 Å². The van der Waals surface area contributed by atoms with E-state index in [4.69, 9.17) is 9.84 Å². The predicted octanol–water partition coefficient (Wildman–Crippen LogP) is 1.39. The Kier molecular flexibility index (Phi) is 4.04. The molecule has 2 unspecified atom stereocenters. The van der Waals surface area contributed by atoms with Crippen LogP contribution in [-0.4, -0.2) is 30.1 Å². The van der Waals surface area contributed by atoms with Crippen molar-refractivity contribution in [3.63, 3.8) is 0 Å². The molecule has 1 aromatic rings. The summed E-state index contributed by atoms with van der Waals surface area (Å²) >= 11 is 0. The molecule has 1 aromatic carbocycles. The van der Waals surface area contributed by atoms with Crippen molar-refractivity contribution in [2.75, 3.05) is 13.2 Å². The zero-order valence-electron chi connectivity index (χ0n) is 10.8. The molecular formula is C14H17NO4. The zero-order valence-corrected chi connectivity index (χ0v) is 10.8. The van der Waals surface area contributed by atoms with Crippen molar-refractivity contribution in [2.45, 2.75) is 19.3 Å². The summed E-state index contributed by atoms with van der Waals surface area (Å²) < 4.78 is 5.44. The molecule has 5 nitrogen and oxygen atoms in total. The number of nitrogens with one attached hydrogen (secondary N) is 1. The zero-order chi connectivity index (χ0) is 13.8. The van der Waals surface area contributed by atoms with E-state index in [9.17, 15) is 9.59 Å². The van der Waals surface area contributed by atoms with E-state index in [1.165, 1.54) is 0 Å². The van der Waals surface area contributed by atoms with E-state index in [1.807, 2.05) is 24.3 Å². The quantitative estimate of drug-likeness (QED) is 0.841. The average molecular weight is 263 g/mol. The first-order valence-electron chi connectivity index (χ1n) is 6.35. The van der Waals surface area contributed by atoms with Crippen molar-refractivity contribution in [3.8, 4) is 5.75 Å². The molecule has 0 bridgehead atoms. The van der Waals surface area contributed by atoms with Crippen LogP contribution in [0.15, 0.2) is 24.3 Å². The van der Waals surface area contributed by atoms with Crippen LogP contribution in [0.25, 0.3) is 0 Å². The predicted molar refractivity (Wildman–Crippen MR) is 69.1 cm³/mol. The summed E-state index contributed by atoms with van der Waals surface area (Å²) in [4.78, 5) is 23.0. The number of rotatable bonds is 5. The minimum absolute atomic E-state index is 0.156. The lowest BCUT2D eigenvalue weighted by Gasteiger charge is -2.13. The molecular weight excluding hydrogens is 246 g/mol. The van der Waals surface area contributed by atoms with Crippen LogP contribution in [-0.2, 0) is 9.59 Å². The molecule has 2 N–H and O–H groups in total. The van der Waals surface area contributed by atoms with Crippen LogP contribution in [0, 0.1) is 5.92 Å². The third kappa shape index (κ3) is 2.86. The molecule has 1 aliphatic rings. The van der Waals surface area contributed by atoms with Crippen molar-refractivity contribution in [1.82, 2.24) is 5.32 Å². The number of ether oxygens (including phenoxy) is 1. The second-order valence-corrected chi connectivity index (χ2v) is 4.59. The van der Waals surface area contributed by atoms with Crippen molar-refractivity contribution in [2.24, 2.45) is 5.92 Å². The minimum Gasteiger partial charge on any atom is -0.492 e. The Bertz CT molecular complexity index is 486. The molecule has 5 heteroatoms. The van der Waals surface area contributed by atoms with Gasteiger partial charge in [-0.05, 0) is 12.5 Å². The fourth-order valence-corrected chi connectivity index (χ4v) is 2.13. The summed E-state index contributed by atoms with van der Waals surface area (Å²) in [5.74, 6) is -1.22. The van der Waals surface area contributed by atoms with Gasteiger partial charge in [0.05, 0.1) is 5.92 Å². The number of hydrogen-bond donors (Lipinski definition) is 2. The van der Waals surface area contributed by atoms with Gasteiger partial charge in [0.1, 0.15) is 18.3 Å². The Morgan fingerprint density at radius 1 is 1.47 bits per heavy atom. The molecule has 0 saturated heterocycles. The summed E-state index contributed by atoms with van der Waals surface area (Å²) in [7, 11) is 0. The number of carboxylic acids is 1. The van der Waals surface area contributed by atoms with E-state index in [2.05, 4.69) is 5.32 Å². The van der Waals surface area contributed by atoms with E-state index in [1.54, 1.807) is 6.92 Å². The number of carboxylic acid groups (broad SMARTS) is 1. The normalized spacial score (nSPS) is 18.3. The summed E-state index contributed by atoms with van der Waals surface area (Å²) in [5, 5.41) is 11.6. The fraction of sp³-hybridized carbons (Fsp3) is 0.429. The van der Waals surface area contributed by atoms with Gasteiger partial charge in [0.25, 0.3) is 0 Å². The Morgan fingerprint density at radius 3 is 2.89 bits per heavy atom. The molecule has 0 aliphatic carbocycles. The number of carbonyl (C=O) groups excluding carboxylic acids is 1. The van der Waals surface area contributed by atoms with Gasteiger partial charge in [0.15, 0.2) is 0 Å². The first-order chi connectivity index (χ1) is 9.13. The van der Waals surface area contributed by atoms with Gasteiger partial charge in [-0.15, -0.1) is 0 Å². The van der Waals surface area contributed by atoms with E-state index >= 15 is 0 Å². The number of aliphatic carboxylic acids is 1. The monoisotopic (exact) mass is 263 g/mol. The van der Waals surface area contributed by atoms with Crippen LogP contribution in [0.3, 0.4) is 0 Å². The molecule has 0 radical (unpaired) electrons. The summed E-state index contributed by atoms with van der Waals surface area (Å²) in [6.45, 7) is 2.26. The molecule has 1 amide bonds. The smallest absolute Gasteiger partial charge is 0.308 e. The molecule has 0 fully saturated rings. The number of benzene rings is 1. The standard InChI is InChI=1S/C14H17NO4/c1-2-9(14(17)18)7-15-13(16)11-8-19-12-6-4-3-5-10(11)12/h3-6,9,11H,2,7-8H2,1H3,(H,15,16)(H,17,18). The molecule has 1 heterocycles. The minimum atomic E-state index is -0.883. The second kappa shape index (κ2) is 5.73. The highest BCUT2D eigenvalue weighted by Crippen LogP contribution is 2.33. The third-order valence-corrected chi connectivity index (χ3v) is 3.38. The van der Waals surface area contributed by atoms with E-state index < -0.39 is 11.9 Å². The van der Waals surface area contributed by atoms with Gasteiger partial charge in [-0.1, -0.05) is 25.1 Å². The van der Waals surface area contributed by atoms with Crippen molar-refractivity contribution < 1.29 is 19.4 Å². The second-order valence-electron chi connectivity index (χ2n) is 4.59. The van der Waals surface area contributed by atoms with Crippen LogP contribution in [0.4, 0.5) is 0 Å². The lowest BCUT2D eigenvalue weighted by Crippen LogP contribution is -2.36. The van der Waals surface area contributed by atoms with Gasteiger partial charge in [-0.3, -0.25) is 9.59 Å². The summed E-state index contributed by atoms with van der Waals surface area (Å²) in [6, 6.07) is 7.41. The molecule has 2 atom stereocenters. The summed E-state index contributed by atoms with van der Waals surface area (Å²) in [5.41, 5.74) is 0.864. The Morgan fingerprint density at radius 2 is 2.21 bits per heavy atom. The van der Waals surface area contributed by atoms with Gasteiger partial charge in [0, 0.05) is 12.1 Å². The molecule has 102 valence electrons. The Balaban J connectivity index is 1.97. The fourth-order valence-electron chi connectivity index (χ4n) is 2.13. The van der Waals surface area contributed by atoms with Gasteiger partial charge in [0.2, 0.25) is 5.91 Å². The van der Waals surface area contributed by atoms with Crippen LogP contribution in [0.1, 0.15) is 24.8 Å². The van der Waals surface area contributed by atoms with Crippen molar-refractivity contribution in [3.05, 3.63) is 29.8 Å². The molecule has 0 saturated carbocycles. The maximum Gasteiger partial charge on any atom is 0.308 e. The van der Waals surface area contributed by atoms with Gasteiger partial charge in [-0.25, -0.2) is 0 Å². The van der Waals surface area contributed by atoms with Gasteiger partial charge >= 0.3 is 5.97 Å². The number of hydrogen-bond acceptors (Lipinski definition) is 3. The van der Waals surface area contributed by atoms with E-state index in [0.29, 0.717) is 13.0 Å². The van der Waals surface area contributed by atoms with Crippen LogP contribution in [0.5, 0.6) is 5.75 Å². The SMILES string of the molecule is CCC(CNC(=O)C1COc2ccccc21)C(=O)O. The highest BCUT2D eigenvalue weighted by atomic mass is 16.5. The largest absolute Gasteiger partial charge is 0.492 e. The first kappa shape index (κ1) is 13.4. The molecule has 19 heavy (non-hydrogen) atoms. The van der Waals surface area contributed by atoms with Crippen molar-refractivity contribution >= 4 is 11.9 Å². The first-order valence-corrected chi connectivity index (χ1v) is 6.35. The Labute approximate surface area is 111 Å². The van der Waals surface area contributed by atoms with Crippen LogP contribution in [0.2, 0.25) is 0 Å². The molecule has 0 spiro atoms. The number of para-hydroxylation sites is 1. The summed E-state index contributed by atoms with van der Waals surface area (Å²) in [6.07, 6.45) is 0.493. The highest BCUT2D eigenvalue weighted by Gasteiger charge is 2.30. The maximum absolute atomic E-state index is 12.1. The van der Waals surface area contributed by atoms with Crippen LogP contribution < -0.4 is 10.1 Å².